The second kappa shape index (κ2) is 12.8. The van der Waals surface area contributed by atoms with Gasteiger partial charge in [-0.3, -0.25) is 9.59 Å². The summed E-state index contributed by atoms with van der Waals surface area (Å²) in [5.74, 6) is -0.251. The predicted molar refractivity (Wildman–Crippen MR) is 166 cm³/mol. The number of para-hydroxylation sites is 2. The number of anilines is 7. The Morgan fingerprint density at radius 1 is 0.857 bits per heavy atom. The Balaban J connectivity index is 1.41. The molecule has 0 atom stereocenters. The van der Waals surface area contributed by atoms with Crippen LogP contribution in [-0.2, 0) is 4.79 Å². The van der Waals surface area contributed by atoms with Gasteiger partial charge in [0.25, 0.3) is 5.91 Å². The molecule has 5 N–H and O–H groups in total. The number of benzene rings is 3. The molecular weight excluding hydrogens is 532 g/mol. The maximum atomic E-state index is 13.3. The molecule has 0 saturated carbocycles. The summed E-state index contributed by atoms with van der Waals surface area (Å²) in [5, 5.41) is 21.5. The molecule has 4 aromatic rings. The molecule has 42 heavy (non-hydrogen) atoms. The van der Waals surface area contributed by atoms with Crippen LogP contribution in [0.2, 0.25) is 0 Å². The van der Waals surface area contributed by atoms with Crippen molar-refractivity contribution in [1.29, 1.82) is 0 Å². The van der Waals surface area contributed by atoms with E-state index in [4.69, 9.17) is 0 Å². The number of piperazine rings is 1. The summed E-state index contributed by atoms with van der Waals surface area (Å²) in [6.07, 6.45) is 2.60. The number of phenols is 1. The standard InChI is InChI=1S/C31H32N8O3/c1-3-28(41)35-26-6-4-5-7-27(26)36-29-25(30(42)33-21-10-14-24(40)15-11-21)20-32-31(37-29)34-22-8-12-23(13-9-22)39-18-16-38(2)17-19-39/h3-15,20,40H,1,16-19H2,2H3,(H,33,42)(H,35,41)(H2,32,34,36,37). The summed E-state index contributed by atoms with van der Waals surface area (Å²) in [5.41, 5.74) is 3.61. The van der Waals surface area contributed by atoms with Gasteiger partial charge in [0, 0.05) is 49.4 Å². The minimum atomic E-state index is -0.459. The third-order valence-corrected chi connectivity index (χ3v) is 6.77. The van der Waals surface area contributed by atoms with E-state index in [1.54, 1.807) is 36.4 Å². The molecule has 0 bridgehead atoms. The van der Waals surface area contributed by atoms with Crippen LogP contribution >= 0.6 is 0 Å². The number of hydrogen-bond donors (Lipinski definition) is 5. The van der Waals surface area contributed by atoms with Crippen LogP contribution in [-0.4, -0.2) is 65.0 Å². The Bertz CT molecular complexity index is 1570. The molecule has 11 heteroatoms. The van der Waals surface area contributed by atoms with Crippen molar-refractivity contribution in [2.45, 2.75) is 0 Å². The first-order chi connectivity index (χ1) is 20.4. The van der Waals surface area contributed by atoms with Crippen molar-refractivity contribution in [3.63, 3.8) is 0 Å². The zero-order valence-electron chi connectivity index (χ0n) is 23.2. The van der Waals surface area contributed by atoms with Crippen LogP contribution in [0.1, 0.15) is 10.4 Å². The fraction of sp³-hybridized carbons (Fsp3) is 0.161. The highest BCUT2D eigenvalue weighted by molar-refractivity contribution is 6.08. The highest BCUT2D eigenvalue weighted by Crippen LogP contribution is 2.28. The maximum Gasteiger partial charge on any atom is 0.261 e. The van der Waals surface area contributed by atoms with Gasteiger partial charge in [0.15, 0.2) is 0 Å². The summed E-state index contributed by atoms with van der Waals surface area (Å²) >= 11 is 0. The number of nitrogens with one attached hydrogen (secondary N) is 4. The molecular formula is C31H32N8O3. The van der Waals surface area contributed by atoms with Crippen molar-refractivity contribution in [3.8, 4) is 5.75 Å². The SMILES string of the molecule is C=CC(=O)Nc1ccccc1Nc1nc(Nc2ccc(N3CCN(C)CC3)cc2)ncc1C(=O)Nc1ccc(O)cc1. The smallest absolute Gasteiger partial charge is 0.261 e. The lowest BCUT2D eigenvalue weighted by Gasteiger charge is -2.34. The second-order valence-electron chi connectivity index (χ2n) is 9.78. The van der Waals surface area contributed by atoms with Crippen LogP contribution in [0.3, 0.4) is 0 Å². The molecule has 3 aromatic carbocycles. The number of aromatic nitrogens is 2. The summed E-state index contributed by atoms with van der Waals surface area (Å²) in [4.78, 5) is 39.0. The quantitative estimate of drug-likeness (QED) is 0.144. The highest BCUT2D eigenvalue weighted by atomic mass is 16.3. The number of rotatable bonds is 9. The molecule has 11 nitrogen and oxygen atoms in total. The fourth-order valence-electron chi connectivity index (χ4n) is 4.41. The van der Waals surface area contributed by atoms with Crippen LogP contribution in [0.5, 0.6) is 5.75 Å². The van der Waals surface area contributed by atoms with Gasteiger partial charge in [0.05, 0.1) is 11.4 Å². The predicted octanol–water partition coefficient (Wildman–Crippen LogP) is 4.80. The number of amides is 2. The summed E-state index contributed by atoms with van der Waals surface area (Å²) in [6, 6.07) is 21.2. The van der Waals surface area contributed by atoms with Crippen LogP contribution in [0.4, 0.5) is 40.2 Å². The molecule has 0 spiro atoms. The van der Waals surface area contributed by atoms with E-state index in [-0.39, 0.29) is 29.0 Å². The van der Waals surface area contributed by atoms with E-state index < -0.39 is 5.91 Å². The second-order valence-corrected chi connectivity index (χ2v) is 9.78. The van der Waals surface area contributed by atoms with Gasteiger partial charge in [-0.25, -0.2) is 4.98 Å². The lowest BCUT2D eigenvalue weighted by molar-refractivity contribution is -0.111. The van der Waals surface area contributed by atoms with Crippen molar-refractivity contribution in [1.82, 2.24) is 14.9 Å². The van der Waals surface area contributed by atoms with E-state index >= 15 is 0 Å². The number of hydrogen-bond acceptors (Lipinski definition) is 9. The average molecular weight is 565 g/mol. The van der Waals surface area contributed by atoms with E-state index in [9.17, 15) is 14.7 Å². The minimum absolute atomic E-state index is 0.0869. The first kappa shape index (κ1) is 28.1. The number of carbonyl (C=O) groups excluding carboxylic acids is 2. The van der Waals surface area contributed by atoms with E-state index in [0.717, 1.165) is 37.6 Å². The Morgan fingerprint density at radius 2 is 1.52 bits per heavy atom. The van der Waals surface area contributed by atoms with Crippen LogP contribution in [0.25, 0.3) is 0 Å². The zero-order chi connectivity index (χ0) is 29.5. The molecule has 2 heterocycles. The zero-order valence-corrected chi connectivity index (χ0v) is 23.2. The van der Waals surface area contributed by atoms with Crippen LogP contribution < -0.4 is 26.2 Å². The van der Waals surface area contributed by atoms with Crippen molar-refractivity contribution in [2.75, 3.05) is 59.4 Å². The molecule has 1 fully saturated rings. The third-order valence-electron chi connectivity index (χ3n) is 6.77. The van der Waals surface area contributed by atoms with Gasteiger partial charge in [-0.1, -0.05) is 18.7 Å². The minimum Gasteiger partial charge on any atom is -0.508 e. The van der Waals surface area contributed by atoms with Gasteiger partial charge < -0.3 is 36.2 Å². The summed E-state index contributed by atoms with van der Waals surface area (Å²) in [7, 11) is 2.13. The highest BCUT2D eigenvalue weighted by Gasteiger charge is 2.18. The Kier molecular flexibility index (Phi) is 8.59. The molecule has 1 saturated heterocycles. The van der Waals surface area contributed by atoms with Crippen LogP contribution in [0, 0.1) is 0 Å². The lowest BCUT2D eigenvalue weighted by atomic mass is 10.2. The van der Waals surface area contributed by atoms with E-state index in [1.807, 2.05) is 12.1 Å². The van der Waals surface area contributed by atoms with Gasteiger partial charge in [0.1, 0.15) is 17.1 Å². The summed E-state index contributed by atoms with van der Waals surface area (Å²) in [6.45, 7) is 7.51. The molecule has 214 valence electrons. The first-order valence-corrected chi connectivity index (χ1v) is 13.5. The number of likely N-dealkylation sites (N-methyl/N-ethyl adjacent to an activating group) is 1. The molecule has 0 radical (unpaired) electrons. The number of phenolic OH excluding ortho intramolecular Hbond substituents is 1. The molecule has 0 aliphatic carbocycles. The number of aromatic hydroxyl groups is 1. The lowest BCUT2D eigenvalue weighted by Crippen LogP contribution is -2.44. The average Bonchev–Trinajstić information content (AvgIpc) is 3.00. The maximum absolute atomic E-state index is 13.3. The van der Waals surface area contributed by atoms with E-state index in [0.29, 0.717) is 17.1 Å². The van der Waals surface area contributed by atoms with Crippen molar-refractivity contribution in [2.24, 2.45) is 0 Å². The third kappa shape index (κ3) is 7.01. The van der Waals surface area contributed by atoms with Gasteiger partial charge in [0.2, 0.25) is 11.9 Å². The monoisotopic (exact) mass is 564 g/mol. The Hall–Kier alpha value is -5.42. The van der Waals surface area contributed by atoms with Crippen molar-refractivity contribution in [3.05, 3.63) is 97.2 Å². The van der Waals surface area contributed by atoms with Crippen molar-refractivity contribution < 1.29 is 14.7 Å². The summed E-state index contributed by atoms with van der Waals surface area (Å²) < 4.78 is 0. The molecule has 1 aromatic heterocycles. The van der Waals surface area contributed by atoms with Gasteiger partial charge in [-0.05, 0) is 73.8 Å². The number of carbonyl (C=O) groups is 2. The van der Waals surface area contributed by atoms with E-state index in [1.165, 1.54) is 24.4 Å². The Labute approximate surface area is 243 Å². The van der Waals surface area contributed by atoms with Crippen LogP contribution in [0.15, 0.2) is 91.6 Å². The molecule has 0 unspecified atom stereocenters. The van der Waals surface area contributed by atoms with E-state index in [2.05, 4.69) is 66.8 Å². The largest absolute Gasteiger partial charge is 0.508 e. The molecule has 1 aliphatic rings. The topological polar surface area (TPSA) is 135 Å². The number of nitrogens with zero attached hydrogens (tertiary/aromatic N) is 4. The molecule has 2 amide bonds. The van der Waals surface area contributed by atoms with Gasteiger partial charge in [-0.2, -0.15) is 4.98 Å². The van der Waals surface area contributed by atoms with Crippen molar-refractivity contribution >= 4 is 52.0 Å². The fourth-order valence-corrected chi connectivity index (χ4v) is 4.41. The van der Waals surface area contributed by atoms with Gasteiger partial charge >= 0.3 is 0 Å². The molecule has 5 rings (SSSR count). The normalized spacial score (nSPS) is 13.2. The van der Waals surface area contributed by atoms with Gasteiger partial charge in [-0.15, -0.1) is 0 Å². The molecule has 1 aliphatic heterocycles. The Morgan fingerprint density at radius 3 is 2.21 bits per heavy atom. The first-order valence-electron chi connectivity index (χ1n) is 13.5.